The zero-order chi connectivity index (χ0) is 24.4. The molecule has 0 aliphatic carbocycles. The van der Waals surface area contributed by atoms with E-state index in [1.807, 2.05) is 39.8 Å². The van der Waals surface area contributed by atoms with Crippen LogP contribution in [0.5, 0.6) is 5.75 Å². The van der Waals surface area contributed by atoms with E-state index < -0.39 is 18.5 Å². The van der Waals surface area contributed by atoms with Crippen LogP contribution < -0.4 is 15.4 Å². The Balaban J connectivity index is 1.69. The molecule has 0 aliphatic heterocycles. The summed E-state index contributed by atoms with van der Waals surface area (Å²) in [5.41, 5.74) is 4.14. The first-order chi connectivity index (χ1) is 15.7. The largest absolute Gasteiger partial charge is 0.494 e. The van der Waals surface area contributed by atoms with Crippen molar-refractivity contribution < 1.29 is 28.7 Å². The Labute approximate surface area is 193 Å². The molecule has 0 aliphatic rings. The normalized spacial score (nSPS) is 10.3. The van der Waals surface area contributed by atoms with Crippen molar-refractivity contribution in [2.75, 3.05) is 25.1 Å². The van der Waals surface area contributed by atoms with Gasteiger partial charge in [0.25, 0.3) is 5.91 Å². The average Bonchev–Trinajstić information content (AvgIpc) is 2.77. The third kappa shape index (κ3) is 8.40. The maximum Gasteiger partial charge on any atom is 0.306 e. The summed E-state index contributed by atoms with van der Waals surface area (Å²) in [5.74, 6) is -1.20. The Bertz CT molecular complexity index is 991. The smallest absolute Gasteiger partial charge is 0.306 e. The Morgan fingerprint density at radius 1 is 0.879 bits per heavy atom. The molecule has 0 bridgehead atoms. The van der Waals surface area contributed by atoms with Gasteiger partial charge in [-0.1, -0.05) is 17.7 Å². The molecule has 0 heterocycles. The van der Waals surface area contributed by atoms with Crippen molar-refractivity contribution in [1.82, 2.24) is 5.32 Å². The highest BCUT2D eigenvalue weighted by Gasteiger charge is 2.14. The third-order valence-electron chi connectivity index (χ3n) is 4.80. The molecule has 0 aromatic heterocycles. The molecule has 0 radical (unpaired) electrons. The number of nitrogens with one attached hydrogen (secondary N) is 2. The number of carbonyl (C=O) groups is 4. The average molecular weight is 455 g/mol. The Morgan fingerprint density at radius 3 is 2.12 bits per heavy atom. The molecule has 0 saturated heterocycles. The summed E-state index contributed by atoms with van der Waals surface area (Å²) in [7, 11) is 0. The molecule has 0 saturated carbocycles. The molecule has 8 heteroatoms. The summed E-state index contributed by atoms with van der Waals surface area (Å²) in [6.45, 7) is 7.40. The van der Waals surface area contributed by atoms with Crippen LogP contribution >= 0.6 is 0 Å². The van der Waals surface area contributed by atoms with Gasteiger partial charge in [0.2, 0.25) is 5.91 Å². The lowest BCUT2D eigenvalue weighted by atomic mass is 10.1. The lowest BCUT2D eigenvalue weighted by molar-refractivity contribution is -0.148. The fourth-order valence-corrected chi connectivity index (χ4v) is 3.27. The molecule has 8 nitrogen and oxygen atoms in total. The van der Waals surface area contributed by atoms with Crippen molar-refractivity contribution in [2.24, 2.45) is 0 Å². The van der Waals surface area contributed by atoms with Crippen molar-refractivity contribution >= 4 is 29.3 Å². The quantitative estimate of drug-likeness (QED) is 0.398. The Hall–Kier alpha value is -3.68. The van der Waals surface area contributed by atoms with E-state index in [0.29, 0.717) is 23.6 Å². The first-order valence-corrected chi connectivity index (χ1v) is 10.8. The second-order valence-electron chi connectivity index (χ2n) is 7.64. The number of ether oxygens (including phenoxy) is 2. The molecular weight excluding hydrogens is 424 g/mol. The van der Waals surface area contributed by atoms with Gasteiger partial charge in [0.1, 0.15) is 5.75 Å². The number of rotatable bonds is 11. The van der Waals surface area contributed by atoms with Crippen molar-refractivity contribution in [2.45, 2.75) is 40.5 Å². The molecule has 2 amide bonds. The molecular formula is C25H30N2O6. The number of anilines is 1. The summed E-state index contributed by atoms with van der Waals surface area (Å²) < 4.78 is 10.2. The monoisotopic (exact) mass is 454 g/mol. The number of aryl methyl sites for hydroxylation is 3. The number of hydrogen-bond donors (Lipinski definition) is 2. The van der Waals surface area contributed by atoms with Gasteiger partial charge in [0.05, 0.1) is 19.6 Å². The molecule has 2 rings (SSSR count). The van der Waals surface area contributed by atoms with Gasteiger partial charge in [0.15, 0.2) is 12.4 Å². The van der Waals surface area contributed by atoms with Crippen LogP contribution in [0.15, 0.2) is 36.4 Å². The standard InChI is InChI=1S/C25H30N2O6/c1-5-32-20-8-6-19(7-9-20)21(28)10-11-24(31)33-15-23(30)26-14-22(29)27-25-17(3)12-16(2)13-18(25)4/h6-9,12-13H,5,10-11,14-15H2,1-4H3,(H,26,30)(H,27,29). The molecule has 0 spiro atoms. The van der Waals surface area contributed by atoms with Gasteiger partial charge in [-0.25, -0.2) is 0 Å². The van der Waals surface area contributed by atoms with E-state index in [1.165, 1.54) is 0 Å². The second-order valence-corrected chi connectivity index (χ2v) is 7.64. The van der Waals surface area contributed by atoms with Gasteiger partial charge >= 0.3 is 5.97 Å². The van der Waals surface area contributed by atoms with E-state index in [1.54, 1.807) is 24.3 Å². The van der Waals surface area contributed by atoms with Gasteiger partial charge in [0, 0.05) is 17.7 Å². The SMILES string of the molecule is CCOc1ccc(C(=O)CCC(=O)OCC(=O)NCC(=O)Nc2c(C)cc(C)cc2C)cc1. The van der Waals surface area contributed by atoms with Crippen molar-refractivity contribution in [1.29, 1.82) is 0 Å². The predicted octanol–water partition coefficient (Wildman–Crippen LogP) is 3.27. The van der Waals surface area contributed by atoms with Crippen LogP contribution in [0.25, 0.3) is 0 Å². The molecule has 33 heavy (non-hydrogen) atoms. The van der Waals surface area contributed by atoms with Crippen LogP contribution in [-0.2, 0) is 19.1 Å². The van der Waals surface area contributed by atoms with Crippen LogP contribution in [0.2, 0.25) is 0 Å². The summed E-state index contributed by atoms with van der Waals surface area (Å²) in [6, 6.07) is 10.6. The molecule has 2 aromatic rings. The minimum absolute atomic E-state index is 0.0356. The van der Waals surface area contributed by atoms with Gasteiger partial charge in [-0.05, 0) is 63.1 Å². The van der Waals surface area contributed by atoms with Gasteiger partial charge in [-0.3, -0.25) is 19.2 Å². The predicted molar refractivity (Wildman–Crippen MR) is 124 cm³/mol. The van der Waals surface area contributed by atoms with E-state index in [4.69, 9.17) is 9.47 Å². The minimum atomic E-state index is -0.667. The first kappa shape index (κ1) is 25.6. The molecule has 176 valence electrons. The first-order valence-electron chi connectivity index (χ1n) is 10.8. The van der Waals surface area contributed by atoms with Crippen molar-refractivity contribution in [3.05, 3.63) is 58.7 Å². The van der Waals surface area contributed by atoms with Crippen molar-refractivity contribution in [3.63, 3.8) is 0 Å². The van der Waals surface area contributed by atoms with E-state index in [0.717, 1.165) is 16.7 Å². The highest BCUT2D eigenvalue weighted by Crippen LogP contribution is 2.21. The summed E-state index contributed by atoms with van der Waals surface area (Å²) in [5, 5.41) is 5.19. The number of Topliss-reactive ketones (excluding diaryl/α,β-unsaturated/α-hetero) is 1. The maximum absolute atomic E-state index is 12.2. The van der Waals surface area contributed by atoms with E-state index >= 15 is 0 Å². The van der Waals surface area contributed by atoms with Gasteiger partial charge < -0.3 is 20.1 Å². The molecule has 2 N–H and O–H groups in total. The lowest BCUT2D eigenvalue weighted by Gasteiger charge is -2.13. The third-order valence-corrected chi connectivity index (χ3v) is 4.80. The summed E-state index contributed by atoms with van der Waals surface area (Å²) >= 11 is 0. The fourth-order valence-electron chi connectivity index (χ4n) is 3.27. The Morgan fingerprint density at radius 2 is 1.52 bits per heavy atom. The van der Waals surface area contributed by atoms with Gasteiger partial charge in [-0.2, -0.15) is 0 Å². The summed E-state index contributed by atoms with van der Waals surface area (Å²) in [6.07, 6.45) is -0.183. The van der Waals surface area contributed by atoms with E-state index in [2.05, 4.69) is 10.6 Å². The fraction of sp³-hybridized carbons (Fsp3) is 0.360. The number of carbonyl (C=O) groups excluding carboxylic acids is 4. The summed E-state index contributed by atoms with van der Waals surface area (Å²) in [4.78, 5) is 48.0. The molecule has 0 atom stereocenters. The highest BCUT2D eigenvalue weighted by atomic mass is 16.5. The van der Waals surface area contributed by atoms with E-state index in [9.17, 15) is 19.2 Å². The second kappa shape index (κ2) is 12.4. The minimum Gasteiger partial charge on any atom is -0.494 e. The maximum atomic E-state index is 12.2. The number of esters is 1. The number of hydrogen-bond acceptors (Lipinski definition) is 6. The molecule has 0 unspecified atom stereocenters. The number of ketones is 1. The number of amides is 2. The lowest BCUT2D eigenvalue weighted by Crippen LogP contribution is -2.35. The van der Waals surface area contributed by atoms with Gasteiger partial charge in [-0.15, -0.1) is 0 Å². The molecule has 0 fully saturated rings. The Kier molecular flexibility index (Phi) is 9.60. The number of benzene rings is 2. The van der Waals surface area contributed by atoms with Crippen molar-refractivity contribution in [3.8, 4) is 5.75 Å². The van der Waals surface area contributed by atoms with Crippen LogP contribution in [0.4, 0.5) is 5.69 Å². The highest BCUT2D eigenvalue weighted by molar-refractivity contribution is 5.98. The van der Waals surface area contributed by atoms with E-state index in [-0.39, 0.29) is 31.1 Å². The topological polar surface area (TPSA) is 111 Å². The van der Waals surface area contributed by atoms with Crippen LogP contribution in [0.1, 0.15) is 46.8 Å². The van der Waals surface area contributed by atoms with Crippen LogP contribution in [-0.4, -0.2) is 43.3 Å². The van der Waals surface area contributed by atoms with Crippen LogP contribution in [0.3, 0.4) is 0 Å². The van der Waals surface area contributed by atoms with Crippen LogP contribution in [0, 0.1) is 20.8 Å². The molecule has 2 aromatic carbocycles. The zero-order valence-corrected chi connectivity index (χ0v) is 19.4. The zero-order valence-electron chi connectivity index (χ0n) is 19.4.